The van der Waals surface area contributed by atoms with Gasteiger partial charge in [0.25, 0.3) is 5.91 Å². The van der Waals surface area contributed by atoms with Crippen molar-refractivity contribution in [2.75, 3.05) is 23.4 Å². The Kier molecular flexibility index (Phi) is 8.05. The average molecular weight is 557 g/mol. The van der Waals surface area contributed by atoms with Crippen molar-refractivity contribution in [2.45, 2.75) is 13.0 Å². The molecule has 180 valence electrons. The van der Waals surface area contributed by atoms with Gasteiger partial charge in [-0.25, -0.2) is 0 Å². The summed E-state index contributed by atoms with van der Waals surface area (Å²) in [6.45, 7) is 0.548. The lowest BCUT2D eigenvalue weighted by Gasteiger charge is -2.17. The third kappa shape index (κ3) is 6.61. The van der Waals surface area contributed by atoms with E-state index < -0.39 is 5.92 Å². The molecule has 1 fully saturated rings. The Morgan fingerprint density at radius 1 is 1.06 bits per heavy atom. The van der Waals surface area contributed by atoms with E-state index in [9.17, 15) is 14.4 Å². The van der Waals surface area contributed by atoms with Crippen LogP contribution in [0.2, 0.25) is 5.02 Å². The molecule has 9 heteroatoms. The third-order valence-corrected chi connectivity index (χ3v) is 6.33. The number of carbonyl (C=O) groups is 3. The normalized spacial score (nSPS) is 15.1. The zero-order valence-corrected chi connectivity index (χ0v) is 21.0. The van der Waals surface area contributed by atoms with Crippen LogP contribution in [0.15, 0.2) is 77.3 Å². The number of rotatable bonds is 8. The summed E-state index contributed by atoms with van der Waals surface area (Å²) in [5, 5.41) is 6.02. The predicted molar refractivity (Wildman–Crippen MR) is 138 cm³/mol. The zero-order chi connectivity index (χ0) is 24.8. The van der Waals surface area contributed by atoms with E-state index in [2.05, 4.69) is 26.6 Å². The number of halogens is 2. The van der Waals surface area contributed by atoms with Gasteiger partial charge in [-0.2, -0.15) is 0 Å². The highest BCUT2D eigenvalue weighted by Crippen LogP contribution is 2.28. The van der Waals surface area contributed by atoms with Crippen molar-refractivity contribution in [2.24, 2.45) is 5.92 Å². The van der Waals surface area contributed by atoms with Crippen LogP contribution in [-0.2, 0) is 20.9 Å². The Labute approximate surface area is 216 Å². The number of hydrogen-bond acceptors (Lipinski definition) is 4. The molecule has 1 saturated heterocycles. The molecule has 3 aromatic rings. The molecule has 7 nitrogen and oxygen atoms in total. The van der Waals surface area contributed by atoms with E-state index in [1.165, 1.54) is 0 Å². The van der Waals surface area contributed by atoms with Crippen molar-refractivity contribution in [1.29, 1.82) is 0 Å². The molecule has 0 spiro atoms. The van der Waals surface area contributed by atoms with Crippen molar-refractivity contribution >= 4 is 56.6 Å². The number of anilines is 2. The molecule has 0 aliphatic carbocycles. The summed E-state index contributed by atoms with van der Waals surface area (Å²) in [4.78, 5) is 38.9. The van der Waals surface area contributed by atoms with Crippen LogP contribution in [0.25, 0.3) is 0 Å². The van der Waals surface area contributed by atoms with Gasteiger partial charge >= 0.3 is 0 Å². The standard InChI is InChI=1S/C26H23BrClN3O4/c27-19-6-11-23(22(28)13-19)30-24(32)16-35-21-9-7-20(8-10-21)31-15-18(12-25(31)33)26(34)29-14-17-4-2-1-3-5-17/h1-11,13,18H,12,14-16H2,(H,29,34)(H,30,32)/t18-/m1/s1. The fourth-order valence-corrected chi connectivity index (χ4v) is 4.43. The van der Waals surface area contributed by atoms with Crippen LogP contribution in [0.1, 0.15) is 12.0 Å². The van der Waals surface area contributed by atoms with Gasteiger partial charge in [-0.15, -0.1) is 0 Å². The first-order valence-electron chi connectivity index (χ1n) is 11.0. The second-order valence-corrected chi connectivity index (χ2v) is 9.39. The van der Waals surface area contributed by atoms with E-state index in [4.69, 9.17) is 16.3 Å². The van der Waals surface area contributed by atoms with Crippen LogP contribution in [0.4, 0.5) is 11.4 Å². The van der Waals surface area contributed by atoms with Gasteiger partial charge in [0.05, 0.1) is 16.6 Å². The molecule has 35 heavy (non-hydrogen) atoms. The first-order valence-corrected chi connectivity index (χ1v) is 12.2. The van der Waals surface area contributed by atoms with Gasteiger partial charge in [0.1, 0.15) is 5.75 Å². The monoisotopic (exact) mass is 555 g/mol. The van der Waals surface area contributed by atoms with Crippen LogP contribution < -0.4 is 20.3 Å². The van der Waals surface area contributed by atoms with Gasteiger partial charge in [0.2, 0.25) is 11.8 Å². The summed E-state index contributed by atoms with van der Waals surface area (Å²) in [5.41, 5.74) is 2.17. The summed E-state index contributed by atoms with van der Waals surface area (Å²) >= 11 is 9.43. The summed E-state index contributed by atoms with van der Waals surface area (Å²) in [6.07, 6.45) is 0.164. The number of benzene rings is 3. The van der Waals surface area contributed by atoms with Crippen LogP contribution in [0, 0.1) is 5.92 Å². The zero-order valence-electron chi connectivity index (χ0n) is 18.7. The number of nitrogens with zero attached hydrogens (tertiary/aromatic N) is 1. The highest BCUT2D eigenvalue weighted by molar-refractivity contribution is 9.10. The minimum atomic E-state index is -0.406. The Bertz CT molecular complexity index is 1220. The van der Waals surface area contributed by atoms with Gasteiger partial charge in [-0.05, 0) is 48.0 Å². The maximum absolute atomic E-state index is 12.6. The molecule has 0 bridgehead atoms. The van der Waals surface area contributed by atoms with E-state index in [0.717, 1.165) is 10.0 Å². The predicted octanol–water partition coefficient (Wildman–Crippen LogP) is 4.79. The van der Waals surface area contributed by atoms with Gasteiger partial charge in [-0.1, -0.05) is 57.9 Å². The molecular formula is C26H23BrClN3O4. The molecule has 0 saturated carbocycles. The fraction of sp³-hybridized carbons (Fsp3) is 0.192. The van der Waals surface area contributed by atoms with E-state index in [1.54, 1.807) is 47.4 Å². The van der Waals surface area contributed by atoms with E-state index >= 15 is 0 Å². The SMILES string of the molecule is O=C(COc1ccc(N2C[C@H](C(=O)NCc3ccccc3)CC2=O)cc1)Nc1ccc(Br)cc1Cl. The molecule has 1 atom stereocenters. The van der Waals surface area contributed by atoms with Crippen LogP contribution in [0.5, 0.6) is 5.75 Å². The molecule has 0 aromatic heterocycles. The first kappa shape index (κ1) is 24.8. The molecule has 1 heterocycles. The fourth-order valence-electron chi connectivity index (χ4n) is 3.71. The number of carbonyl (C=O) groups excluding carboxylic acids is 3. The summed E-state index contributed by atoms with van der Waals surface area (Å²) in [7, 11) is 0. The van der Waals surface area contributed by atoms with Crippen molar-refractivity contribution in [1.82, 2.24) is 5.32 Å². The highest BCUT2D eigenvalue weighted by atomic mass is 79.9. The Morgan fingerprint density at radius 3 is 2.51 bits per heavy atom. The molecule has 4 rings (SSSR count). The highest BCUT2D eigenvalue weighted by Gasteiger charge is 2.35. The molecule has 0 radical (unpaired) electrons. The second kappa shape index (κ2) is 11.4. The topological polar surface area (TPSA) is 87.7 Å². The summed E-state index contributed by atoms with van der Waals surface area (Å²) in [6, 6.07) is 21.6. The van der Waals surface area contributed by atoms with Crippen molar-refractivity contribution in [3.63, 3.8) is 0 Å². The molecule has 1 aliphatic rings. The van der Waals surface area contributed by atoms with Crippen molar-refractivity contribution < 1.29 is 19.1 Å². The van der Waals surface area contributed by atoms with E-state index in [-0.39, 0.29) is 30.7 Å². The molecule has 1 aliphatic heterocycles. The molecule has 2 N–H and O–H groups in total. The Balaban J connectivity index is 1.27. The van der Waals surface area contributed by atoms with Crippen LogP contribution in [-0.4, -0.2) is 30.9 Å². The van der Waals surface area contributed by atoms with Gasteiger partial charge in [0, 0.05) is 29.7 Å². The largest absolute Gasteiger partial charge is 0.484 e. The Morgan fingerprint density at radius 2 is 1.80 bits per heavy atom. The summed E-state index contributed by atoms with van der Waals surface area (Å²) in [5.74, 6) is -0.519. The average Bonchev–Trinajstić information content (AvgIpc) is 3.25. The lowest BCUT2D eigenvalue weighted by molar-refractivity contribution is -0.126. The van der Waals surface area contributed by atoms with Crippen molar-refractivity contribution in [3.05, 3.63) is 87.9 Å². The van der Waals surface area contributed by atoms with E-state index in [0.29, 0.717) is 35.2 Å². The third-order valence-electron chi connectivity index (χ3n) is 5.53. The number of hydrogen-bond donors (Lipinski definition) is 2. The molecule has 3 aromatic carbocycles. The first-order chi connectivity index (χ1) is 16.9. The second-order valence-electron chi connectivity index (χ2n) is 8.06. The summed E-state index contributed by atoms with van der Waals surface area (Å²) < 4.78 is 6.36. The van der Waals surface area contributed by atoms with Gasteiger partial charge < -0.3 is 20.3 Å². The van der Waals surface area contributed by atoms with Crippen LogP contribution >= 0.6 is 27.5 Å². The number of ether oxygens (including phenoxy) is 1. The van der Waals surface area contributed by atoms with Gasteiger partial charge in [-0.3, -0.25) is 14.4 Å². The van der Waals surface area contributed by atoms with Crippen molar-refractivity contribution in [3.8, 4) is 5.75 Å². The molecule has 0 unspecified atom stereocenters. The maximum Gasteiger partial charge on any atom is 0.262 e. The number of nitrogens with one attached hydrogen (secondary N) is 2. The smallest absolute Gasteiger partial charge is 0.262 e. The minimum Gasteiger partial charge on any atom is -0.484 e. The van der Waals surface area contributed by atoms with E-state index in [1.807, 2.05) is 30.3 Å². The molecular weight excluding hydrogens is 534 g/mol. The maximum atomic E-state index is 12.6. The minimum absolute atomic E-state index is 0.107. The number of amides is 3. The van der Waals surface area contributed by atoms with Crippen LogP contribution in [0.3, 0.4) is 0 Å². The van der Waals surface area contributed by atoms with Gasteiger partial charge in [0.15, 0.2) is 6.61 Å². The lowest BCUT2D eigenvalue weighted by atomic mass is 10.1. The quantitative estimate of drug-likeness (QED) is 0.418. The Hall–Kier alpha value is -3.36. The molecule has 3 amide bonds. The lowest BCUT2D eigenvalue weighted by Crippen LogP contribution is -2.32.